The Bertz CT molecular complexity index is 361. The molecule has 88 valence electrons. The van der Waals surface area contributed by atoms with Gasteiger partial charge in [0.15, 0.2) is 0 Å². The lowest BCUT2D eigenvalue weighted by Gasteiger charge is -2.08. The summed E-state index contributed by atoms with van der Waals surface area (Å²) in [7, 11) is 1.89. The van der Waals surface area contributed by atoms with Crippen LogP contribution < -0.4 is 10.6 Å². The van der Waals surface area contributed by atoms with Crippen molar-refractivity contribution in [2.75, 3.05) is 18.9 Å². The van der Waals surface area contributed by atoms with E-state index in [-0.39, 0.29) is 5.91 Å². The van der Waals surface area contributed by atoms with Crippen molar-refractivity contribution in [3.8, 4) is 0 Å². The van der Waals surface area contributed by atoms with E-state index in [1.54, 1.807) is 0 Å². The van der Waals surface area contributed by atoms with Crippen LogP contribution in [-0.4, -0.2) is 19.5 Å². The minimum absolute atomic E-state index is 0.0854. The van der Waals surface area contributed by atoms with E-state index in [4.69, 9.17) is 0 Å². The fourth-order valence-corrected chi connectivity index (χ4v) is 1.59. The monoisotopic (exact) mass is 220 g/mol. The summed E-state index contributed by atoms with van der Waals surface area (Å²) in [5, 5.41) is 5.96. The Kier molecular flexibility index (Phi) is 4.99. The molecule has 0 radical (unpaired) electrons. The minimum atomic E-state index is 0.0854. The van der Waals surface area contributed by atoms with Gasteiger partial charge >= 0.3 is 0 Å². The highest BCUT2D eigenvalue weighted by atomic mass is 16.1. The van der Waals surface area contributed by atoms with Gasteiger partial charge in [-0.3, -0.25) is 4.79 Å². The molecule has 1 amide bonds. The number of aryl methyl sites for hydroxylation is 2. The molecule has 1 rings (SSSR count). The summed E-state index contributed by atoms with van der Waals surface area (Å²) in [6, 6.07) is 6.04. The van der Waals surface area contributed by atoms with Gasteiger partial charge in [-0.15, -0.1) is 0 Å². The zero-order valence-corrected chi connectivity index (χ0v) is 10.3. The zero-order chi connectivity index (χ0) is 12.0. The lowest BCUT2D eigenvalue weighted by molar-refractivity contribution is -0.116. The van der Waals surface area contributed by atoms with Crippen LogP contribution in [0.5, 0.6) is 0 Å². The average molecular weight is 220 g/mol. The van der Waals surface area contributed by atoms with E-state index >= 15 is 0 Å². The quantitative estimate of drug-likeness (QED) is 0.747. The summed E-state index contributed by atoms with van der Waals surface area (Å²) in [6.45, 7) is 4.93. The summed E-state index contributed by atoms with van der Waals surface area (Å²) >= 11 is 0. The van der Waals surface area contributed by atoms with Crippen molar-refractivity contribution in [2.24, 2.45) is 0 Å². The van der Waals surface area contributed by atoms with Gasteiger partial charge in [-0.2, -0.15) is 0 Å². The molecular formula is C13H20N2O. The normalized spacial score (nSPS) is 10.2. The summed E-state index contributed by atoms with van der Waals surface area (Å²) in [5.41, 5.74) is 3.24. The van der Waals surface area contributed by atoms with Crippen molar-refractivity contribution < 1.29 is 4.79 Å². The third-order valence-corrected chi connectivity index (χ3v) is 2.49. The second-order valence-corrected chi connectivity index (χ2v) is 4.07. The lowest BCUT2D eigenvalue weighted by atomic mass is 10.1. The number of carbonyl (C=O) groups is 1. The number of rotatable bonds is 5. The highest BCUT2D eigenvalue weighted by molar-refractivity contribution is 5.91. The van der Waals surface area contributed by atoms with Gasteiger partial charge in [0.05, 0.1) is 0 Å². The molecule has 0 aliphatic heterocycles. The van der Waals surface area contributed by atoms with Gasteiger partial charge in [0.25, 0.3) is 0 Å². The molecule has 0 aliphatic carbocycles. The van der Waals surface area contributed by atoms with Crippen LogP contribution in [0, 0.1) is 13.8 Å². The fourth-order valence-electron chi connectivity index (χ4n) is 1.59. The van der Waals surface area contributed by atoms with Crippen LogP contribution in [0.1, 0.15) is 24.0 Å². The smallest absolute Gasteiger partial charge is 0.224 e. The van der Waals surface area contributed by atoms with E-state index in [0.717, 1.165) is 24.2 Å². The van der Waals surface area contributed by atoms with Gasteiger partial charge < -0.3 is 10.6 Å². The molecule has 0 saturated carbocycles. The van der Waals surface area contributed by atoms with E-state index in [2.05, 4.69) is 16.7 Å². The number of carbonyl (C=O) groups excluding carboxylic acids is 1. The first kappa shape index (κ1) is 12.7. The van der Waals surface area contributed by atoms with Gasteiger partial charge in [0, 0.05) is 12.1 Å². The van der Waals surface area contributed by atoms with E-state index in [9.17, 15) is 4.79 Å². The fraction of sp³-hybridized carbons (Fsp3) is 0.462. The molecule has 0 unspecified atom stereocenters. The first-order valence-corrected chi connectivity index (χ1v) is 5.65. The van der Waals surface area contributed by atoms with Crippen LogP contribution in [0.3, 0.4) is 0 Å². The molecule has 2 N–H and O–H groups in total. The molecule has 16 heavy (non-hydrogen) atoms. The van der Waals surface area contributed by atoms with E-state index in [0.29, 0.717) is 6.42 Å². The SMILES string of the molecule is CNCCCC(=O)Nc1ccc(C)cc1C. The molecule has 0 heterocycles. The zero-order valence-electron chi connectivity index (χ0n) is 10.3. The lowest BCUT2D eigenvalue weighted by Crippen LogP contribution is -2.15. The molecule has 0 bridgehead atoms. The van der Waals surface area contributed by atoms with Crippen molar-refractivity contribution in [3.05, 3.63) is 29.3 Å². The molecule has 1 aromatic carbocycles. The summed E-state index contributed by atoms with van der Waals surface area (Å²) in [4.78, 5) is 11.6. The molecule has 3 nitrogen and oxygen atoms in total. The van der Waals surface area contributed by atoms with Gasteiger partial charge in [-0.25, -0.2) is 0 Å². The largest absolute Gasteiger partial charge is 0.326 e. The second kappa shape index (κ2) is 6.28. The first-order chi connectivity index (χ1) is 7.63. The van der Waals surface area contributed by atoms with E-state index < -0.39 is 0 Å². The van der Waals surface area contributed by atoms with E-state index in [1.807, 2.05) is 33.0 Å². The first-order valence-electron chi connectivity index (χ1n) is 5.65. The Morgan fingerprint density at radius 3 is 2.69 bits per heavy atom. The van der Waals surface area contributed by atoms with Gasteiger partial charge in [-0.05, 0) is 45.5 Å². The van der Waals surface area contributed by atoms with Crippen molar-refractivity contribution >= 4 is 11.6 Å². The highest BCUT2D eigenvalue weighted by Crippen LogP contribution is 2.16. The van der Waals surface area contributed by atoms with Crippen LogP contribution in [0.15, 0.2) is 18.2 Å². The molecule has 0 saturated heterocycles. The molecule has 0 aliphatic rings. The maximum absolute atomic E-state index is 11.6. The topological polar surface area (TPSA) is 41.1 Å². The number of anilines is 1. The number of hydrogen-bond acceptors (Lipinski definition) is 2. The third-order valence-electron chi connectivity index (χ3n) is 2.49. The summed E-state index contributed by atoms with van der Waals surface area (Å²) < 4.78 is 0. The van der Waals surface area contributed by atoms with Crippen LogP contribution in [-0.2, 0) is 4.79 Å². The minimum Gasteiger partial charge on any atom is -0.326 e. The number of nitrogens with one attached hydrogen (secondary N) is 2. The Morgan fingerprint density at radius 2 is 2.06 bits per heavy atom. The molecule has 0 spiro atoms. The predicted octanol–water partition coefficient (Wildman–Crippen LogP) is 2.24. The average Bonchev–Trinajstić information content (AvgIpc) is 2.23. The van der Waals surface area contributed by atoms with E-state index in [1.165, 1.54) is 5.56 Å². The van der Waals surface area contributed by atoms with Crippen LogP contribution in [0.4, 0.5) is 5.69 Å². The second-order valence-electron chi connectivity index (χ2n) is 4.07. The molecule has 0 atom stereocenters. The predicted molar refractivity (Wildman–Crippen MR) is 67.7 cm³/mol. The van der Waals surface area contributed by atoms with Crippen LogP contribution >= 0.6 is 0 Å². The highest BCUT2D eigenvalue weighted by Gasteiger charge is 2.04. The number of hydrogen-bond donors (Lipinski definition) is 2. The Morgan fingerprint density at radius 1 is 1.31 bits per heavy atom. The van der Waals surface area contributed by atoms with Crippen LogP contribution in [0.2, 0.25) is 0 Å². The van der Waals surface area contributed by atoms with Crippen molar-refractivity contribution in [2.45, 2.75) is 26.7 Å². The Hall–Kier alpha value is -1.35. The standard InChI is InChI=1S/C13H20N2O/c1-10-6-7-12(11(2)9-10)15-13(16)5-4-8-14-3/h6-7,9,14H,4-5,8H2,1-3H3,(H,15,16). The molecule has 1 aromatic rings. The third kappa shape index (κ3) is 4.03. The molecular weight excluding hydrogens is 200 g/mol. The van der Waals surface area contributed by atoms with Crippen molar-refractivity contribution in [3.63, 3.8) is 0 Å². The van der Waals surface area contributed by atoms with Crippen LogP contribution in [0.25, 0.3) is 0 Å². The summed E-state index contributed by atoms with van der Waals surface area (Å²) in [6.07, 6.45) is 1.43. The van der Waals surface area contributed by atoms with Gasteiger partial charge in [-0.1, -0.05) is 17.7 Å². The van der Waals surface area contributed by atoms with Gasteiger partial charge in [0.2, 0.25) is 5.91 Å². The Labute approximate surface area is 97.2 Å². The Balaban J connectivity index is 2.49. The van der Waals surface area contributed by atoms with Crippen molar-refractivity contribution in [1.29, 1.82) is 0 Å². The number of benzene rings is 1. The van der Waals surface area contributed by atoms with Crippen molar-refractivity contribution in [1.82, 2.24) is 5.32 Å². The molecule has 0 fully saturated rings. The number of amides is 1. The molecule has 0 aromatic heterocycles. The summed E-state index contributed by atoms with van der Waals surface area (Å²) in [5.74, 6) is 0.0854. The maximum Gasteiger partial charge on any atom is 0.224 e. The van der Waals surface area contributed by atoms with Gasteiger partial charge in [0.1, 0.15) is 0 Å². The molecule has 3 heteroatoms. The maximum atomic E-state index is 11.6.